The summed E-state index contributed by atoms with van der Waals surface area (Å²) in [5, 5.41) is 0. The average Bonchev–Trinajstić information content (AvgIpc) is 2.64. The number of carbonyl (C=O) groups excluding carboxylic acids is 1. The Balaban J connectivity index is 7.04. The van der Waals surface area contributed by atoms with Gasteiger partial charge in [0.25, 0.3) is 0 Å². The predicted molar refractivity (Wildman–Crippen MR) is 63.0 cm³/mol. The third-order valence-electron chi connectivity index (χ3n) is 3.61. The molecule has 34 heavy (non-hydrogen) atoms. The lowest BCUT2D eigenvalue weighted by Gasteiger charge is -2.44. The molecule has 0 aromatic heterocycles. The van der Waals surface area contributed by atoms with Gasteiger partial charge in [-0.3, -0.25) is 0 Å². The molecule has 0 N–H and O–H groups in total. The van der Waals surface area contributed by atoms with Crippen LogP contribution in [-0.4, -0.2) is 59.6 Å². The first-order valence-corrected chi connectivity index (χ1v) is 7.07. The van der Waals surface area contributed by atoms with E-state index in [0.29, 0.717) is 0 Å². The number of ether oxygens (including phenoxy) is 1. The molecule has 0 aliphatic rings. The summed E-state index contributed by atoms with van der Waals surface area (Å²) in [5.41, 5.74) is 0. The Morgan fingerprint density at radius 3 is 1.12 bits per heavy atom. The minimum atomic E-state index is -9.03. The lowest BCUT2D eigenvalue weighted by molar-refractivity contribution is -0.517. The van der Waals surface area contributed by atoms with Crippen molar-refractivity contribution in [3.8, 4) is 0 Å². The first kappa shape index (κ1) is 31.8. The standard InChI is InChI=1S/C12H3F19O3/c1-2-3(32)33-12(29,30)10(25,34-31)8(21,22)6(17,18)4(13,14)5(15,16)7(19,20)9(23,24)11(26,27)28/h2H,1H2. The summed E-state index contributed by atoms with van der Waals surface area (Å²) in [7, 11) is 0. The Hall–Kier alpha value is -2.16. The number of halogens is 19. The molecule has 1 atom stereocenters. The molecular formula is C12H3F19O3. The van der Waals surface area contributed by atoms with E-state index >= 15 is 0 Å². The summed E-state index contributed by atoms with van der Waals surface area (Å²) in [6.45, 7) is 2.24. The van der Waals surface area contributed by atoms with Crippen molar-refractivity contribution in [2.24, 2.45) is 0 Å². The van der Waals surface area contributed by atoms with Gasteiger partial charge in [0.15, 0.2) is 0 Å². The fraction of sp³-hybridized carbons (Fsp3) is 0.750. The summed E-state index contributed by atoms with van der Waals surface area (Å²) < 4.78 is 249. The summed E-state index contributed by atoms with van der Waals surface area (Å²) in [5.74, 6) is -63.4. The molecule has 0 fully saturated rings. The van der Waals surface area contributed by atoms with E-state index in [2.05, 4.69) is 11.3 Å². The zero-order valence-corrected chi connectivity index (χ0v) is 14.7. The van der Waals surface area contributed by atoms with Crippen LogP contribution in [-0.2, 0) is 14.5 Å². The van der Waals surface area contributed by atoms with Gasteiger partial charge in [-0.1, -0.05) is 6.58 Å². The molecule has 0 aliphatic carbocycles. The fourth-order valence-electron chi connectivity index (χ4n) is 1.68. The van der Waals surface area contributed by atoms with Crippen LogP contribution < -0.4 is 0 Å². The van der Waals surface area contributed by atoms with Crippen LogP contribution in [0.25, 0.3) is 0 Å². The molecule has 3 nitrogen and oxygen atoms in total. The first-order chi connectivity index (χ1) is 14.5. The maximum absolute atomic E-state index is 13.7. The molecule has 0 aromatic rings. The van der Waals surface area contributed by atoms with Crippen molar-refractivity contribution in [1.82, 2.24) is 0 Å². The molecular weight excluding hydrogens is 553 g/mol. The minimum absolute atomic E-state index is 0.536. The molecule has 0 amide bonds. The van der Waals surface area contributed by atoms with Crippen LogP contribution in [0.2, 0.25) is 0 Å². The SMILES string of the molecule is C=CC(=O)OC(F)(F)C(F)(OF)C(F)(F)C(F)(F)C(F)(F)C(F)(F)C(F)(F)C(F)(F)C(F)(F)F. The van der Waals surface area contributed by atoms with Crippen LogP contribution in [0.1, 0.15) is 0 Å². The smallest absolute Gasteiger partial charge is 0.393 e. The number of alkyl halides is 18. The van der Waals surface area contributed by atoms with Gasteiger partial charge < -0.3 is 4.74 Å². The summed E-state index contributed by atoms with van der Waals surface area (Å²) >= 11 is 0. The number of rotatable bonds is 10. The lowest BCUT2D eigenvalue weighted by atomic mass is 9.88. The topological polar surface area (TPSA) is 35.5 Å². The van der Waals surface area contributed by atoms with Crippen molar-refractivity contribution in [3.05, 3.63) is 12.7 Å². The number of carbonyl (C=O) groups is 1. The zero-order valence-electron chi connectivity index (χ0n) is 14.7. The van der Waals surface area contributed by atoms with E-state index in [9.17, 15) is 88.3 Å². The molecule has 0 saturated carbocycles. The van der Waals surface area contributed by atoms with Crippen LogP contribution in [0.4, 0.5) is 83.6 Å². The summed E-state index contributed by atoms with van der Waals surface area (Å²) in [4.78, 5) is 11.6. The Labute approximate surface area is 171 Å². The van der Waals surface area contributed by atoms with Gasteiger partial charge in [0.1, 0.15) is 0 Å². The van der Waals surface area contributed by atoms with Crippen LogP contribution in [0, 0.1) is 0 Å². The quantitative estimate of drug-likeness (QED) is 0.182. The molecule has 0 heterocycles. The van der Waals surface area contributed by atoms with Crippen molar-refractivity contribution in [2.75, 3.05) is 0 Å². The van der Waals surface area contributed by atoms with Crippen molar-refractivity contribution >= 4 is 5.97 Å². The normalized spacial score (nSPS) is 17.3. The van der Waals surface area contributed by atoms with E-state index in [1.165, 1.54) is 0 Å². The van der Waals surface area contributed by atoms with Crippen molar-refractivity contribution in [1.29, 1.82) is 0 Å². The van der Waals surface area contributed by atoms with E-state index in [4.69, 9.17) is 0 Å². The van der Waals surface area contributed by atoms with Crippen molar-refractivity contribution in [2.45, 2.75) is 53.7 Å². The highest BCUT2D eigenvalue weighted by atomic mass is 19.4. The highest BCUT2D eigenvalue weighted by molar-refractivity contribution is 5.81. The molecule has 0 aliphatic heterocycles. The number of hydrogen-bond donors (Lipinski definition) is 0. The predicted octanol–water partition coefficient (Wildman–Crippen LogP) is 6.25. The van der Waals surface area contributed by atoms with Gasteiger partial charge >= 0.3 is 59.6 Å². The third-order valence-corrected chi connectivity index (χ3v) is 3.61. The van der Waals surface area contributed by atoms with E-state index < -0.39 is 65.7 Å². The Kier molecular flexibility index (Phi) is 7.69. The second kappa shape index (κ2) is 8.21. The second-order valence-corrected chi connectivity index (χ2v) is 5.76. The zero-order chi connectivity index (χ0) is 28.2. The maximum atomic E-state index is 13.7. The highest BCUT2D eigenvalue weighted by Crippen LogP contribution is 2.65. The number of hydrogen-bond acceptors (Lipinski definition) is 3. The van der Waals surface area contributed by atoms with Gasteiger partial charge in [-0.05, 0) is 4.53 Å². The van der Waals surface area contributed by atoms with Gasteiger partial charge in [-0.2, -0.15) is 79.0 Å². The van der Waals surface area contributed by atoms with Gasteiger partial charge in [-0.25, -0.2) is 4.79 Å². The van der Waals surface area contributed by atoms with Crippen LogP contribution in [0.5, 0.6) is 0 Å². The molecule has 0 rings (SSSR count). The number of esters is 1. The average molecular weight is 556 g/mol. The molecule has 0 bridgehead atoms. The maximum Gasteiger partial charge on any atom is 0.471 e. The molecule has 202 valence electrons. The molecule has 0 aromatic carbocycles. The summed E-state index contributed by atoms with van der Waals surface area (Å²) in [6.07, 6.45) is -15.7. The Morgan fingerprint density at radius 1 is 0.559 bits per heavy atom. The van der Waals surface area contributed by atoms with Crippen LogP contribution >= 0.6 is 0 Å². The molecule has 0 spiro atoms. The largest absolute Gasteiger partial charge is 0.471 e. The fourth-order valence-corrected chi connectivity index (χ4v) is 1.68. The minimum Gasteiger partial charge on any atom is -0.393 e. The highest BCUT2D eigenvalue weighted by Gasteiger charge is 2.97. The van der Waals surface area contributed by atoms with Crippen LogP contribution in [0.3, 0.4) is 0 Å². The molecule has 1 unspecified atom stereocenters. The van der Waals surface area contributed by atoms with Crippen molar-refractivity contribution < 1.29 is 98.0 Å². The van der Waals surface area contributed by atoms with Crippen molar-refractivity contribution in [3.63, 3.8) is 0 Å². The summed E-state index contributed by atoms with van der Waals surface area (Å²) in [6, 6.07) is 0. The van der Waals surface area contributed by atoms with Gasteiger partial charge in [0, 0.05) is 6.08 Å². The van der Waals surface area contributed by atoms with Crippen LogP contribution in [0.15, 0.2) is 12.7 Å². The third kappa shape index (κ3) is 3.89. The van der Waals surface area contributed by atoms with E-state index in [0.717, 1.165) is 4.94 Å². The Morgan fingerprint density at radius 2 is 0.853 bits per heavy atom. The van der Waals surface area contributed by atoms with Gasteiger partial charge in [-0.15, -0.1) is 4.94 Å². The molecule has 22 heteroatoms. The lowest BCUT2D eigenvalue weighted by Crippen LogP contribution is -2.76. The first-order valence-electron chi connectivity index (χ1n) is 7.07. The van der Waals surface area contributed by atoms with E-state index in [-0.39, 0.29) is 0 Å². The van der Waals surface area contributed by atoms with Gasteiger partial charge in [0.05, 0.1) is 0 Å². The second-order valence-electron chi connectivity index (χ2n) is 5.76. The van der Waals surface area contributed by atoms with E-state index in [1.807, 2.05) is 0 Å². The molecule has 0 saturated heterocycles. The van der Waals surface area contributed by atoms with Gasteiger partial charge in [0.2, 0.25) is 0 Å². The monoisotopic (exact) mass is 556 g/mol. The molecule has 0 radical (unpaired) electrons. The Bertz CT molecular complexity index is 784. The van der Waals surface area contributed by atoms with E-state index in [1.54, 1.807) is 0 Å².